The van der Waals surface area contributed by atoms with E-state index < -0.39 is 0 Å². The van der Waals surface area contributed by atoms with Gasteiger partial charge in [-0.15, -0.1) is 11.3 Å². The highest BCUT2D eigenvalue weighted by molar-refractivity contribution is 7.14. The smallest absolute Gasteiger partial charge is 0.187 e. The molecule has 2 aromatic heterocycles. The average molecular weight is 461 g/mol. The number of nitrogens with one attached hydrogen (secondary N) is 1. The number of nitrogens with zero attached hydrogens (tertiary/aromatic N) is 3. The van der Waals surface area contributed by atoms with Gasteiger partial charge in [0.25, 0.3) is 0 Å². The van der Waals surface area contributed by atoms with Crippen LogP contribution < -0.4 is 5.32 Å². The third-order valence-electron chi connectivity index (χ3n) is 5.01. The molecule has 2 heterocycles. The van der Waals surface area contributed by atoms with Crippen molar-refractivity contribution in [1.82, 2.24) is 14.8 Å². The largest absolute Gasteiger partial charge is 0.332 e. The van der Waals surface area contributed by atoms with Gasteiger partial charge in [-0.1, -0.05) is 41.4 Å². The second-order valence-electron chi connectivity index (χ2n) is 7.35. The summed E-state index contributed by atoms with van der Waals surface area (Å²) in [5.41, 5.74) is 6.34. The lowest BCUT2D eigenvalue weighted by Gasteiger charge is -2.03. The number of rotatable bonds is 5. The van der Waals surface area contributed by atoms with Gasteiger partial charge >= 0.3 is 0 Å². The molecule has 0 spiro atoms. The van der Waals surface area contributed by atoms with Gasteiger partial charge in [0.05, 0.1) is 11.4 Å². The summed E-state index contributed by atoms with van der Waals surface area (Å²) in [5, 5.41) is 11.6. The summed E-state index contributed by atoms with van der Waals surface area (Å²) in [5.74, 6) is -0.287. The van der Waals surface area contributed by atoms with Crippen LogP contribution in [-0.4, -0.2) is 14.8 Å². The van der Waals surface area contributed by atoms with E-state index in [9.17, 15) is 4.39 Å². The molecule has 0 aliphatic carbocycles. The highest BCUT2D eigenvalue weighted by Gasteiger charge is 2.17. The number of thiazole rings is 1. The summed E-state index contributed by atoms with van der Waals surface area (Å²) < 4.78 is 15.1. The summed E-state index contributed by atoms with van der Waals surface area (Å²) in [6, 6.07) is 21.9. The zero-order valence-corrected chi connectivity index (χ0v) is 18.7. The van der Waals surface area contributed by atoms with E-state index in [1.54, 1.807) is 16.8 Å². The molecule has 0 radical (unpaired) electrons. The monoisotopic (exact) mass is 460 g/mol. The number of hydrogen-bond acceptors (Lipinski definition) is 4. The molecule has 3 aromatic carbocycles. The summed E-state index contributed by atoms with van der Waals surface area (Å²) in [4.78, 5) is 4.79. The SMILES string of the molecule is Cc1ccc(Nc2nc(-c3cn(-c4ccc(F)cc4)nc3-c3ccc(Cl)cc3)cs2)cc1. The van der Waals surface area contributed by atoms with Gasteiger partial charge in [0, 0.05) is 33.4 Å². The number of hydrogen-bond donors (Lipinski definition) is 1. The van der Waals surface area contributed by atoms with Crippen molar-refractivity contribution in [1.29, 1.82) is 0 Å². The van der Waals surface area contributed by atoms with Crippen LogP contribution in [0.4, 0.5) is 15.2 Å². The van der Waals surface area contributed by atoms with Crippen molar-refractivity contribution in [2.24, 2.45) is 0 Å². The highest BCUT2D eigenvalue weighted by atomic mass is 35.5. The molecular weight excluding hydrogens is 443 g/mol. The minimum atomic E-state index is -0.287. The molecule has 4 nitrogen and oxygen atoms in total. The molecule has 0 fully saturated rings. The van der Waals surface area contributed by atoms with Gasteiger partial charge in [-0.05, 0) is 55.5 Å². The average Bonchev–Trinajstić information content (AvgIpc) is 3.44. The minimum absolute atomic E-state index is 0.287. The maximum absolute atomic E-state index is 13.4. The molecule has 0 bridgehead atoms. The predicted octanol–water partition coefficient (Wildman–Crippen LogP) is 7.51. The van der Waals surface area contributed by atoms with E-state index in [0.717, 1.165) is 39.0 Å². The Balaban J connectivity index is 1.54. The molecule has 158 valence electrons. The number of benzene rings is 3. The Kier molecular flexibility index (Phi) is 5.47. The van der Waals surface area contributed by atoms with Crippen LogP contribution >= 0.6 is 22.9 Å². The van der Waals surface area contributed by atoms with Crippen molar-refractivity contribution in [2.45, 2.75) is 6.92 Å². The summed E-state index contributed by atoms with van der Waals surface area (Å²) in [6.45, 7) is 2.06. The molecule has 5 rings (SSSR count). The maximum atomic E-state index is 13.4. The van der Waals surface area contributed by atoms with E-state index in [1.807, 2.05) is 48.0 Å². The molecule has 0 aliphatic rings. The van der Waals surface area contributed by atoms with E-state index >= 15 is 0 Å². The molecule has 0 atom stereocenters. The molecule has 0 aliphatic heterocycles. The lowest BCUT2D eigenvalue weighted by Crippen LogP contribution is -1.94. The van der Waals surface area contributed by atoms with Crippen LogP contribution in [0.3, 0.4) is 0 Å². The van der Waals surface area contributed by atoms with E-state index in [2.05, 4.69) is 24.4 Å². The van der Waals surface area contributed by atoms with Crippen molar-refractivity contribution < 1.29 is 4.39 Å². The fourth-order valence-corrected chi connectivity index (χ4v) is 4.18. The Morgan fingerprint density at radius 2 is 1.66 bits per heavy atom. The molecular formula is C25H18ClFN4S. The first-order valence-corrected chi connectivity index (χ1v) is 11.2. The third kappa shape index (κ3) is 4.28. The van der Waals surface area contributed by atoms with Gasteiger partial charge in [-0.2, -0.15) is 5.10 Å². The fraction of sp³-hybridized carbons (Fsp3) is 0.0400. The number of anilines is 2. The normalized spacial score (nSPS) is 11.0. The lowest BCUT2D eigenvalue weighted by atomic mass is 10.1. The molecule has 0 amide bonds. The van der Waals surface area contributed by atoms with Crippen molar-refractivity contribution in [3.05, 3.63) is 101 Å². The molecule has 1 N–H and O–H groups in total. The van der Waals surface area contributed by atoms with E-state index in [1.165, 1.54) is 29.0 Å². The third-order valence-corrected chi connectivity index (χ3v) is 6.02. The minimum Gasteiger partial charge on any atom is -0.332 e. The van der Waals surface area contributed by atoms with Crippen LogP contribution in [0.2, 0.25) is 5.02 Å². The Morgan fingerprint density at radius 3 is 2.38 bits per heavy atom. The van der Waals surface area contributed by atoms with Crippen molar-refractivity contribution in [3.8, 4) is 28.2 Å². The first kappa shape index (κ1) is 20.4. The van der Waals surface area contributed by atoms with Gasteiger partial charge in [0.2, 0.25) is 0 Å². The zero-order chi connectivity index (χ0) is 22.1. The second kappa shape index (κ2) is 8.57. The topological polar surface area (TPSA) is 42.7 Å². The van der Waals surface area contributed by atoms with Gasteiger partial charge in [0.15, 0.2) is 5.13 Å². The molecule has 32 heavy (non-hydrogen) atoms. The van der Waals surface area contributed by atoms with Gasteiger partial charge in [-0.25, -0.2) is 14.1 Å². The quantitative estimate of drug-likeness (QED) is 0.295. The van der Waals surface area contributed by atoms with Gasteiger partial charge < -0.3 is 5.32 Å². The van der Waals surface area contributed by atoms with Crippen LogP contribution in [0.25, 0.3) is 28.2 Å². The molecule has 0 unspecified atom stereocenters. The van der Waals surface area contributed by atoms with E-state index in [0.29, 0.717) is 5.02 Å². The van der Waals surface area contributed by atoms with Crippen LogP contribution in [0, 0.1) is 12.7 Å². The van der Waals surface area contributed by atoms with Crippen LogP contribution in [0.15, 0.2) is 84.4 Å². The number of aryl methyl sites for hydroxylation is 1. The van der Waals surface area contributed by atoms with Crippen molar-refractivity contribution in [3.63, 3.8) is 0 Å². The Bertz CT molecular complexity index is 1360. The molecule has 5 aromatic rings. The molecule has 0 saturated carbocycles. The first-order valence-electron chi connectivity index (χ1n) is 9.96. The van der Waals surface area contributed by atoms with Crippen molar-refractivity contribution in [2.75, 3.05) is 5.32 Å². The van der Waals surface area contributed by atoms with Crippen LogP contribution in [0.5, 0.6) is 0 Å². The lowest BCUT2D eigenvalue weighted by molar-refractivity contribution is 0.627. The van der Waals surface area contributed by atoms with E-state index in [4.69, 9.17) is 21.7 Å². The summed E-state index contributed by atoms with van der Waals surface area (Å²) in [7, 11) is 0. The standard InChI is InChI=1S/C25H18ClFN4S/c1-16-2-10-20(11-3-16)28-25-29-23(15-32-25)22-14-31(21-12-8-19(27)9-13-21)30-24(22)17-4-6-18(26)7-5-17/h2-15H,1H3,(H,28,29). The Morgan fingerprint density at radius 1 is 0.938 bits per heavy atom. The Labute approximate surface area is 194 Å². The predicted molar refractivity (Wildman–Crippen MR) is 130 cm³/mol. The highest BCUT2D eigenvalue weighted by Crippen LogP contribution is 2.35. The maximum Gasteiger partial charge on any atom is 0.187 e. The zero-order valence-electron chi connectivity index (χ0n) is 17.1. The second-order valence-corrected chi connectivity index (χ2v) is 8.64. The van der Waals surface area contributed by atoms with Gasteiger partial charge in [0.1, 0.15) is 11.5 Å². The molecule has 7 heteroatoms. The van der Waals surface area contributed by atoms with Crippen LogP contribution in [0.1, 0.15) is 5.56 Å². The van der Waals surface area contributed by atoms with Gasteiger partial charge in [-0.3, -0.25) is 0 Å². The van der Waals surface area contributed by atoms with E-state index in [-0.39, 0.29) is 5.82 Å². The summed E-state index contributed by atoms with van der Waals surface area (Å²) >= 11 is 7.61. The van der Waals surface area contributed by atoms with Crippen LogP contribution in [-0.2, 0) is 0 Å². The Hall–Kier alpha value is -3.48. The molecule has 0 saturated heterocycles. The fourth-order valence-electron chi connectivity index (χ4n) is 3.32. The number of halogens is 2. The first-order chi connectivity index (χ1) is 15.5. The van der Waals surface area contributed by atoms with Crippen molar-refractivity contribution >= 4 is 33.8 Å². The summed E-state index contributed by atoms with van der Waals surface area (Å²) in [6.07, 6.45) is 1.92. The number of aromatic nitrogens is 3.